The fraction of sp³-hybridized carbons (Fsp3) is 0.0556. The van der Waals surface area contributed by atoms with Gasteiger partial charge in [0, 0.05) is 11.6 Å². The number of nitrogens with zero attached hydrogens (tertiary/aromatic N) is 1. The number of nitrogens with one attached hydrogen (secondary N) is 1. The lowest BCUT2D eigenvalue weighted by molar-refractivity contribution is -0.115. The molecule has 3 N–H and O–H groups in total. The van der Waals surface area contributed by atoms with Gasteiger partial charge in [0.1, 0.15) is 0 Å². The number of amides is 2. The zero-order valence-corrected chi connectivity index (χ0v) is 12.7. The number of aromatic nitrogens is 1. The van der Waals surface area contributed by atoms with Gasteiger partial charge in [0.05, 0.1) is 23.4 Å². The summed E-state index contributed by atoms with van der Waals surface area (Å²) in [4.78, 5) is 23.5. The van der Waals surface area contributed by atoms with Crippen molar-refractivity contribution in [3.63, 3.8) is 0 Å². The van der Waals surface area contributed by atoms with Crippen LogP contribution in [0.15, 0.2) is 65.2 Å². The van der Waals surface area contributed by atoms with Gasteiger partial charge < -0.3 is 15.6 Å². The molecule has 1 aromatic heterocycles. The first-order valence-electron chi connectivity index (χ1n) is 7.33. The highest BCUT2D eigenvalue weighted by Crippen LogP contribution is 2.20. The summed E-state index contributed by atoms with van der Waals surface area (Å²) in [7, 11) is 0. The van der Waals surface area contributed by atoms with E-state index in [0.29, 0.717) is 17.1 Å². The van der Waals surface area contributed by atoms with Gasteiger partial charge in [-0.2, -0.15) is 0 Å². The molecule has 0 radical (unpaired) electrons. The first kappa shape index (κ1) is 15.5. The van der Waals surface area contributed by atoms with E-state index in [1.54, 1.807) is 30.3 Å². The summed E-state index contributed by atoms with van der Waals surface area (Å²) in [6, 6.07) is 17.8. The summed E-state index contributed by atoms with van der Waals surface area (Å²) in [6.45, 7) is 0. The molecular weight excluding hydrogens is 306 g/mol. The lowest BCUT2D eigenvalue weighted by Gasteiger charge is -2.07. The van der Waals surface area contributed by atoms with Gasteiger partial charge in [-0.25, -0.2) is 0 Å². The summed E-state index contributed by atoms with van der Waals surface area (Å²) in [5.74, 6) is -0.314. The molecule has 0 aliphatic rings. The highest BCUT2D eigenvalue weighted by atomic mass is 16.5. The molecule has 6 nitrogen and oxygen atoms in total. The summed E-state index contributed by atoms with van der Waals surface area (Å²) in [5.41, 5.74) is 7.32. The predicted molar refractivity (Wildman–Crippen MR) is 89.2 cm³/mol. The number of anilines is 1. The van der Waals surface area contributed by atoms with Crippen LogP contribution in [-0.2, 0) is 11.2 Å². The Balaban J connectivity index is 1.70. The summed E-state index contributed by atoms with van der Waals surface area (Å²) >= 11 is 0. The molecule has 24 heavy (non-hydrogen) atoms. The third-order valence-electron chi connectivity index (χ3n) is 3.43. The van der Waals surface area contributed by atoms with E-state index < -0.39 is 5.91 Å². The first-order valence-corrected chi connectivity index (χ1v) is 7.33. The standard InChI is InChI=1S/C18H15N3O3/c19-18(23)14-8-4-5-9-15(14)20-17(22)11-13-10-16(24-21-13)12-6-2-1-3-7-12/h1-10H,11H2,(H2,19,23)(H,20,22). The average molecular weight is 321 g/mol. The fourth-order valence-electron chi connectivity index (χ4n) is 2.30. The Bertz CT molecular complexity index is 872. The van der Waals surface area contributed by atoms with Gasteiger partial charge in [0.25, 0.3) is 5.91 Å². The molecule has 0 unspecified atom stereocenters. The van der Waals surface area contributed by atoms with E-state index in [-0.39, 0.29) is 17.9 Å². The Morgan fingerprint density at radius 1 is 1.04 bits per heavy atom. The van der Waals surface area contributed by atoms with E-state index in [9.17, 15) is 9.59 Å². The van der Waals surface area contributed by atoms with E-state index in [2.05, 4.69) is 10.5 Å². The average Bonchev–Trinajstić information content (AvgIpc) is 3.04. The normalized spacial score (nSPS) is 10.3. The predicted octanol–water partition coefficient (Wildman–Crippen LogP) is 2.62. The Kier molecular flexibility index (Phi) is 4.38. The molecule has 0 spiro atoms. The lowest BCUT2D eigenvalue weighted by Crippen LogP contribution is -2.19. The molecule has 0 saturated carbocycles. The number of carbonyl (C=O) groups excluding carboxylic acids is 2. The van der Waals surface area contributed by atoms with Crippen LogP contribution in [-0.4, -0.2) is 17.0 Å². The van der Waals surface area contributed by atoms with Crippen molar-refractivity contribution in [3.8, 4) is 11.3 Å². The highest BCUT2D eigenvalue weighted by Gasteiger charge is 2.13. The maximum absolute atomic E-state index is 12.2. The molecule has 0 fully saturated rings. The molecule has 3 rings (SSSR count). The van der Waals surface area contributed by atoms with Crippen LogP contribution in [0, 0.1) is 0 Å². The zero-order chi connectivity index (χ0) is 16.9. The second-order valence-corrected chi connectivity index (χ2v) is 5.18. The molecule has 120 valence electrons. The van der Waals surface area contributed by atoms with Gasteiger partial charge in [-0.05, 0) is 12.1 Å². The van der Waals surface area contributed by atoms with Crippen LogP contribution in [0.4, 0.5) is 5.69 Å². The Labute approximate surface area is 138 Å². The number of hydrogen-bond donors (Lipinski definition) is 2. The number of carbonyl (C=O) groups is 2. The largest absolute Gasteiger partial charge is 0.366 e. The molecule has 0 saturated heterocycles. The molecule has 6 heteroatoms. The number of benzene rings is 2. The summed E-state index contributed by atoms with van der Waals surface area (Å²) in [5, 5.41) is 6.57. The van der Waals surface area contributed by atoms with Crippen LogP contribution < -0.4 is 11.1 Å². The molecule has 0 bridgehead atoms. The van der Waals surface area contributed by atoms with Gasteiger partial charge >= 0.3 is 0 Å². The number of nitrogens with two attached hydrogens (primary N) is 1. The van der Waals surface area contributed by atoms with Crippen molar-refractivity contribution in [2.24, 2.45) is 5.73 Å². The molecule has 1 heterocycles. The molecule has 0 aliphatic carbocycles. The second-order valence-electron chi connectivity index (χ2n) is 5.18. The van der Waals surface area contributed by atoms with Crippen LogP contribution in [0.1, 0.15) is 16.1 Å². The minimum absolute atomic E-state index is 0.0312. The van der Waals surface area contributed by atoms with Crippen LogP contribution in [0.5, 0.6) is 0 Å². The monoisotopic (exact) mass is 321 g/mol. The Morgan fingerprint density at radius 3 is 2.50 bits per heavy atom. The molecule has 2 amide bonds. The SMILES string of the molecule is NC(=O)c1ccccc1NC(=O)Cc1cc(-c2ccccc2)on1. The maximum Gasteiger partial charge on any atom is 0.250 e. The minimum Gasteiger partial charge on any atom is -0.366 e. The molecule has 2 aromatic carbocycles. The number of hydrogen-bond acceptors (Lipinski definition) is 4. The van der Waals surface area contributed by atoms with Crippen LogP contribution in [0.25, 0.3) is 11.3 Å². The second kappa shape index (κ2) is 6.78. The lowest BCUT2D eigenvalue weighted by atomic mass is 10.1. The maximum atomic E-state index is 12.2. The number of rotatable bonds is 5. The van der Waals surface area contributed by atoms with Crippen molar-refractivity contribution in [2.45, 2.75) is 6.42 Å². The first-order chi connectivity index (χ1) is 11.6. The highest BCUT2D eigenvalue weighted by molar-refractivity contribution is 6.03. The van der Waals surface area contributed by atoms with Crippen LogP contribution in [0.3, 0.4) is 0 Å². The van der Waals surface area contributed by atoms with Crippen molar-refractivity contribution in [1.29, 1.82) is 0 Å². The smallest absolute Gasteiger partial charge is 0.250 e. The number of para-hydroxylation sites is 1. The Morgan fingerprint density at radius 2 is 1.75 bits per heavy atom. The van der Waals surface area contributed by atoms with Crippen molar-refractivity contribution in [2.75, 3.05) is 5.32 Å². The third kappa shape index (κ3) is 3.49. The van der Waals surface area contributed by atoms with Crippen molar-refractivity contribution in [1.82, 2.24) is 5.16 Å². The molecular formula is C18H15N3O3. The topological polar surface area (TPSA) is 98.2 Å². The summed E-state index contributed by atoms with van der Waals surface area (Å²) < 4.78 is 5.26. The van der Waals surface area contributed by atoms with Crippen molar-refractivity contribution in [3.05, 3.63) is 71.9 Å². The van der Waals surface area contributed by atoms with Crippen LogP contribution in [0.2, 0.25) is 0 Å². The van der Waals surface area contributed by atoms with Crippen molar-refractivity contribution >= 4 is 17.5 Å². The van der Waals surface area contributed by atoms with E-state index in [1.165, 1.54) is 0 Å². The number of primary amides is 1. The van der Waals surface area contributed by atoms with Gasteiger partial charge in [0.2, 0.25) is 5.91 Å². The molecule has 3 aromatic rings. The third-order valence-corrected chi connectivity index (χ3v) is 3.43. The molecule has 0 aliphatic heterocycles. The van der Waals surface area contributed by atoms with Crippen molar-refractivity contribution < 1.29 is 14.1 Å². The van der Waals surface area contributed by atoms with Gasteiger partial charge in [-0.15, -0.1) is 0 Å². The zero-order valence-electron chi connectivity index (χ0n) is 12.7. The van der Waals surface area contributed by atoms with E-state index in [0.717, 1.165) is 5.56 Å². The molecule has 0 atom stereocenters. The van der Waals surface area contributed by atoms with Gasteiger partial charge in [-0.1, -0.05) is 47.6 Å². The van der Waals surface area contributed by atoms with Gasteiger partial charge in [0.15, 0.2) is 5.76 Å². The van der Waals surface area contributed by atoms with E-state index >= 15 is 0 Å². The van der Waals surface area contributed by atoms with E-state index in [1.807, 2.05) is 30.3 Å². The van der Waals surface area contributed by atoms with E-state index in [4.69, 9.17) is 10.3 Å². The minimum atomic E-state index is -0.598. The summed E-state index contributed by atoms with van der Waals surface area (Å²) in [6.07, 6.45) is 0.0312. The fourth-order valence-corrected chi connectivity index (χ4v) is 2.30. The quantitative estimate of drug-likeness (QED) is 0.754. The van der Waals surface area contributed by atoms with Crippen LogP contribution >= 0.6 is 0 Å². The van der Waals surface area contributed by atoms with Gasteiger partial charge in [-0.3, -0.25) is 9.59 Å². The Hall–Kier alpha value is -3.41.